The van der Waals surface area contributed by atoms with Crippen LogP contribution in [0.5, 0.6) is 6.01 Å². The molecule has 0 radical (unpaired) electrons. The average molecular weight is 667 g/mol. The highest BCUT2D eigenvalue weighted by Crippen LogP contribution is 2.50. The fourth-order valence-electron chi connectivity index (χ4n) is 8.05. The van der Waals surface area contributed by atoms with Gasteiger partial charge in [-0.2, -0.15) is 15.2 Å². The summed E-state index contributed by atoms with van der Waals surface area (Å²) in [7, 11) is 3.79. The number of hydrogen-bond donors (Lipinski definition) is 2. The molecule has 2 aromatic heterocycles. The number of halogens is 3. The largest absolute Gasteiger partial charge is 0.463 e. The zero-order chi connectivity index (χ0) is 37.0. The van der Waals surface area contributed by atoms with Crippen LogP contribution in [-0.4, -0.2) is 71.9 Å². The number of ether oxygens (including phenoxy) is 1. The molecule has 4 heterocycles. The predicted molar refractivity (Wildman–Crippen MR) is 178 cm³/mol. The van der Waals surface area contributed by atoms with Crippen molar-refractivity contribution in [3.8, 4) is 12.1 Å². The molecule has 2 aliphatic heterocycles. The molecule has 3 aromatic rings. The second kappa shape index (κ2) is 12.7. The SMILES string of the molecule is [2H]C([2H])([2H])N1CC[C@H](C(F)F)[C@](C)(COc2nc3c(c(N(C)[C@H](C)c4cccnc4N)n2)CN(C)[C@]2(CCCc4c(F)cc(N)c(C#N)c42)C3)C1. The summed E-state index contributed by atoms with van der Waals surface area (Å²) in [4.78, 5) is 19.2. The summed E-state index contributed by atoms with van der Waals surface area (Å²) in [5.74, 6) is -0.678. The van der Waals surface area contributed by atoms with Crippen LogP contribution in [0.1, 0.15) is 76.8 Å². The number of fused-ring (bicyclic) bond motifs is 3. The Morgan fingerprint density at radius 3 is 2.79 bits per heavy atom. The van der Waals surface area contributed by atoms with Crippen LogP contribution < -0.4 is 21.1 Å². The van der Waals surface area contributed by atoms with Crippen LogP contribution in [0.4, 0.5) is 30.5 Å². The number of likely N-dealkylation sites (N-methyl/N-ethyl adjacent to an activating group) is 1. The molecule has 0 amide bonds. The minimum atomic E-state index is -2.68. The van der Waals surface area contributed by atoms with Crippen LogP contribution >= 0.6 is 0 Å². The van der Waals surface area contributed by atoms with Crippen molar-refractivity contribution in [2.45, 2.75) is 70.5 Å². The first-order chi connectivity index (χ1) is 24.0. The zero-order valence-electron chi connectivity index (χ0n) is 30.7. The molecule has 0 bridgehead atoms. The maximum atomic E-state index is 15.5. The Kier molecular flexibility index (Phi) is 7.93. The summed E-state index contributed by atoms with van der Waals surface area (Å²) >= 11 is 0. The minimum Gasteiger partial charge on any atom is -0.463 e. The van der Waals surface area contributed by atoms with E-state index in [-0.39, 0.29) is 55.8 Å². The second-order valence-corrected chi connectivity index (χ2v) is 13.8. The van der Waals surface area contributed by atoms with E-state index in [1.54, 1.807) is 19.2 Å². The van der Waals surface area contributed by atoms with Gasteiger partial charge in [0.05, 0.1) is 35.1 Å². The highest BCUT2D eigenvalue weighted by molar-refractivity contribution is 5.64. The number of likely N-dealkylation sites (tertiary alicyclic amines) is 1. The Bertz CT molecular complexity index is 1860. The van der Waals surface area contributed by atoms with E-state index < -0.39 is 36.1 Å². The summed E-state index contributed by atoms with van der Waals surface area (Å²) in [5, 5.41) is 10.2. The van der Waals surface area contributed by atoms with Gasteiger partial charge in [-0.05, 0) is 76.4 Å². The van der Waals surface area contributed by atoms with Gasteiger partial charge in [-0.15, -0.1) is 0 Å². The Labute approximate surface area is 284 Å². The van der Waals surface area contributed by atoms with Gasteiger partial charge < -0.3 is 26.0 Å². The van der Waals surface area contributed by atoms with E-state index >= 15 is 4.39 Å². The molecular weight excluding hydrogens is 619 g/mol. The lowest BCUT2D eigenvalue weighted by Crippen LogP contribution is -2.52. The van der Waals surface area contributed by atoms with Crippen molar-refractivity contribution in [2.75, 3.05) is 57.1 Å². The van der Waals surface area contributed by atoms with Gasteiger partial charge in [0.1, 0.15) is 23.5 Å². The molecule has 1 saturated heterocycles. The normalized spacial score (nSPS) is 26.1. The second-order valence-electron chi connectivity index (χ2n) is 13.8. The lowest BCUT2D eigenvalue weighted by Gasteiger charge is -2.50. The third-order valence-corrected chi connectivity index (χ3v) is 10.9. The molecule has 1 fully saturated rings. The molecule has 4 N–H and O–H groups in total. The molecule has 6 rings (SSSR count). The number of nitrogen functional groups attached to an aromatic ring is 2. The Balaban J connectivity index is 1.45. The van der Waals surface area contributed by atoms with Crippen molar-refractivity contribution in [1.82, 2.24) is 24.8 Å². The highest BCUT2D eigenvalue weighted by Gasteiger charge is 2.48. The number of hydrogen-bond acceptors (Lipinski definition) is 10. The van der Waals surface area contributed by atoms with Crippen LogP contribution in [-0.2, 0) is 24.9 Å². The van der Waals surface area contributed by atoms with Gasteiger partial charge in [-0.1, -0.05) is 13.0 Å². The first kappa shape index (κ1) is 29.9. The summed E-state index contributed by atoms with van der Waals surface area (Å²) < 4.78 is 74.3. The van der Waals surface area contributed by atoms with E-state index in [0.29, 0.717) is 54.3 Å². The van der Waals surface area contributed by atoms with E-state index in [1.807, 2.05) is 32.0 Å². The minimum absolute atomic E-state index is 0.00578. The zero-order valence-corrected chi connectivity index (χ0v) is 27.7. The van der Waals surface area contributed by atoms with Crippen molar-refractivity contribution in [1.29, 1.82) is 5.26 Å². The van der Waals surface area contributed by atoms with Crippen LogP contribution in [0, 0.1) is 28.5 Å². The number of alkyl halides is 2. The number of pyridine rings is 1. The van der Waals surface area contributed by atoms with Crippen LogP contribution in [0.2, 0.25) is 0 Å². The smallest absolute Gasteiger partial charge is 0.318 e. The number of piperidine rings is 1. The fourth-order valence-corrected chi connectivity index (χ4v) is 8.05. The van der Waals surface area contributed by atoms with Gasteiger partial charge >= 0.3 is 6.01 Å². The van der Waals surface area contributed by atoms with Gasteiger partial charge in [0.25, 0.3) is 0 Å². The topological polar surface area (TPSA) is 133 Å². The van der Waals surface area contributed by atoms with Gasteiger partial charge in [-0.3, -0.25) is 4.90 Å². The molecule has 10 nitrogen and oxygen atoms in total. The first-order valence-corrected chi connectivity index (χ1v) is 16.2. The molecule has 0 saturated carbocycles. The number of nitrogens with two attached hydrogens (primary N) is 2. The number of rotatable bonds is 7. The molecule has 3 aliphatic rings. The molecule has 48 heavy (non-hydrogen) atoms. The lowest BCUT2D eigenvalue weighted by molar-refractivity contribution is -0.0680. The lowest BCUT2D eigenvalue weighted by atomic mass is 9.68. The molecule has 1 spiro atoms. The summed E-state index contributed by atoms with van der Waals surface area (Å²) in [6, 6.07) is 6.74. The molecule has 4 atom stereocenters. The van der Waals surface area contributed by atoms with Crippen LogP contribution in [0.15, 0.2) is 24.4 Å². The monoisotopic (exact) mass is 666 g/mol. The maximum Gasteiger partial charge on any atom is 0.318 e. The molecule has 13 heteroatoms. The molecule has 0 unspecified atom stereocenters. The van der Waals surface area contributed by atoms with E-state index in [4.69, 9.17) is 30.3 Å². The summed E-state index contributed by atoms with van der Waals surface area (Å²) in [5.41, 5.74) is 13.9. The molecule has 256 valence electrons. The van der Waals surface area contributed by atoms with Gasteiger partial charge in [0.15, 0.2) is 0 Å². The van der Waals surface area contributed by atoms with Crippen molar-refractivity contribution in [2.24, 2.45) is 11.3 Å². The number of nitriles is 1. The van der Waals surface area contributed by atoms with E-state index in [2.05, 4.69) is 16.0 Å². The Hall–Kier alpha value is -4.15. The quantitative estimate of drug-likeness (QED) is 0.330. The summed E-state index contributed by atoms with van der Waals surface area (Å²) in [6.45, 7) is 1.11. The van der Waals surface area contributed by atoms with Gasteiger partial charge in [0.2, 0.25) is 6.43 Å². The van der Waals surface area contributed by atoms with Crippen LogP contribution in [0.3, 0.4) is 0 Å². The maximum absolute atomic E-state index is 15.5. The highest BCUT2D eigenvalue weighted by atomic mass is 19.3. The Morgan fingerprint density at radius 2 is 2.08 bits per heavy atom. The third kappa shape index (κ3) is 5.68. The summed E-state index contributed by atoms with van der Waals surface area (Å²) in [6.07, 6.45) is 0.941. The van der Waals surface area contributed by atoms with Gasteiger partial charge in [-0.25, -0.2) is 18.2 Å². The molecule has 1 aliphatic carbocycles. The van der Waals surface area contributed by atoms with Crippen molar-refractivity contribution in [3.05, 3.63) is 63.7 Å². The van der Waals surface area contributed by atoms with Crippen molar-refractivity contribution in [3.63, 3.8) is 0 Å². The average Bonchev–Trinajstić information content (AvgIpc) is 3.07. The Morgan fingerprint density at radius 1 is 1.29 bits per heavy atom. The first-order valence-electron chi connectivity index (χ1n) is 17.7. The van der Waals surface area contributed by atoms with Crippen LogP contribution in [0.25, 0.3) is 0 Å². The standard InChI is InChI=1S/C35H44F3N9O/c1-20(21-9-7-12-42-31(21)41)47(5)32-24-17-46(4)35(11-6-8-22-26(36)14-27(40)23(16-39)29(22)35)15-28(24)43-33(44-32)48-19-34(2)18-45(3)13-10-25(34)30(37)38/h7,9,12,14,20,25,30H,6,8,10-11,13,15,17-19,40H2,1-5H3,(H2,41,42)/t20-,25-,34+,35-/m1/s1/i3D3. The molecular formula is C35H44F3N9O. The van der Waals surface area contributed by atoms with E-state index in [0.717, 1.165) is 11.1 Å². The number of anilines is 3. The fraction of sp³-hybridized carbons (Fsp3) is 0.543. The van der Waals surface area contributed by atoms with E-state index in [1.165, 1.54) is 11.0 Å². The molecule has 1 aromatic carbocycles. The third-order valence-electron chi connectivity index (χ3n) is 10.9. The number of nitrogens with zero attached hydrogens (tertiary/aromatic N) is 7. The number of benzene rings is 1. The van der Waals surface area contributed by atoms with Crippen molar-refractivity contribution < 1.29 is 22.0 Å². The predicted octanol–water partition coefficient (Wildman–Crippen LogP) is 5.07. The van der Waals surface area contributed by atoms with E-state index in [9.17, 15) is 14.0 Å². The number of aromatic nitrogens is 3. The van der Waals surface area contributed by atoms with Gasteiger partial charge in [0, 0.05) is 59.3 Å². The van der Waals surface area contributed by atoms with Crippen molar-refractivity contribution >= 4 is 17.3 Å².